The summed E-state index contributed by atoms with van der Waals surface area (Å²) in [5.74, 6) is 2.19. The van der Waals surface area contributed by atoms with E-state index in [0.717, 1.165) is 30.2 Å². The van der Waals surface area contributed by atoms with Crippen LogP contribution >= 0.6 is 0 Å². The van der Waals surface area contributed by atoms with Crippen LogP contribution in [0.4, 0.5) is 0 Å². The van der Waals surface area contributed by atoms with Crippen molar-refractivity contribution in [3.05, 3.63) is 23.8 Å². The Labute approximate surface area is 113 Å². The first-order chi connectivity index (χ1) is 9.28. The minimum Gasteiger partial charge on any atom is -0.454 e. The topological polar surface area (TPSA) is 45.5 Å². The Kier molecular flexibility index (Phi) is 3.31. The predicted octanol–water partition coefficient (Wildman–Crippen LogP) is 2.71. The van der Waals surface area contributed by atoms with Gasteiger partial charge in [-0.3, -0.25) is 4.90 Å². The van der Waals surface area contributed by atoms with Crippen LogP contribution in [-0.4, -0.2) is 24.8 Å². The number of nitrogens with zero attached hydrogens (tertiary/aromatic N) is 2. The molecular weight excluding hydrogens is 240 g/mol. The minimum absolute atomic E-state index is 0.183. The SMILES string of the molecule is CC1CCCN(C(C#N)c2ccc3c(c2)OCO3)C1. The molecule has 1 fully saturated rings. The van der Waals surface area contributed by atoms with E-state index in [0.29, 0.717) is 5.92 Å². The van der Waals surface area contributed by atoms with Gasteiger partial charge < -0.3 is 9.47 Å². The maximum atomic E-state index is 9.50. The summed E-state index contributed by atoms with van der Waals surface area (Å²) in [6.07, 6.45) is 2.43. The zero-order valence-electron chi connectivity index (χ0n) is 11.1. The molecule has 2 atom stereocenters. The average Bonchev–Trinajstić information content (AvgIpc) is 2.87. The summed E-state index contributed by atoms with van der Waals surface area (Å²) in [5, 5.41) is 9.50. The monoisotopic (exact) mass is 258 g/mol. The van der Waals surface area contributed by atoms with Crippen molar-refractivity contribution >= 4 is 0 Å². The quantitative estimate of drug-likeness (QED) is 0.818. The Morgan fingerprint density at radius 2 is 2.21 bits per heavy atom. The average molecular weight is 258 g/mol. The highest BCUT2D eigenvalue weighted by Gasteiger charge is 2.26. The van der Waals surface area contributed by atoms with E-state index in [1.807, 2.05) is 18.2 Å². The third kappa shape index (κ3) is 2.39. The normalized spacial score (nSPS) is 23.9. The smallest absolute Gasteiger partial charge is 0.231 e. The lowest BCUT2D eigenvalue weighted by Gasteiger charge is -2.34. The van der Waals surface area contributed by atoms with Gasteiger partial charge in [-0.25, -0.2) is 0 Å². The zero-order valence-corrected chi connectivity index (χ0v) is 11.1. The van der Waals surface area contributed by atoms with Crippen molar-refractivity contribution in [3.63, 3.8) is 0 Å². The summed E-state index contributed by atoms with van der Waals surface area (Å²) in [7, 11) is 0. The molecule has 19 heavy (non-hydrogen) atoms. The maximum absolute atomic E-state index is 9.50. The Hall–Kier alpha value is -1.73. The van der Waals surface area contributed by atoms with Gasteiger partial charge in [0.1, 0.15) is 6.04 Å². The number of hydrogen-bond acceptors (Lipinski definition) is 4. The largest absolute Gasteiger partial charge is 0.454 e. The molecule has 3 rings (SSSR count). The number of ether oxygens (including phenoxy) is 2. The summed E-state index contributed by atoms with van der Waals surface area (Å²) < 4.78 is 10.7. The van der Waals surface area contributed by atoms with Crippen LogP contribution < -0.4 is 9.47 Å². The Bertz CT molecular complexity index is 509. The second-order valence-electron chi connectivity index (χ2n) is 5.39. The van der Waals surface area contributed by atoms with Crippen LogP contribution in [0.2, 0.25) is 0 Å². The molecule has 4 nitrogen and oxygen atoms in total. The third-order valence-electron chi connectivity index (χ3n) is 3.89. The fraction of sp³-hybridized carbons (Fsp3) is 0.533. The summed E-state index contributed by atoms with van der Waals surface area (Å²) >= 11 is 0. The van der Waals surface area contributed by atoms with Crippen molar-refractivity contribution in [2.24, 2.45) is 5.92 Å². The van der Waals surface area contributed by atoms with Gasteiger partial charge in [0.15, 0.2) is 11.5 Å². The van der Waals surface area contributed by atoms with Crippen molar-refractivity contribution < 1.29 is 9.47 Å². The molecule has 4 heteroatoms. The maximum Gasteiger partial charge on any atom is 0.231 e. The van der Waals surface area contributed by atoms with Crippen LogP contribution in [0.5, 0.6) is 11.5 Å². The van der Waals surface area contributed by atoms with Crippen LogP contribution in [0.1, 0.15) is 31.4 Å². The Morgan fingerprint density at radius 1 is 1.37 bits per heavy atom. The molecule has 2 unspecified atom stereocenters. The molecule has 0 bridgehead atoms. The van der Waals surface area contributed by atoms with E-state index in [-0.39, 0.29) is 12.8 Å². The van der Waals surface area contributed by atoms with E-state index in [1.54, 1.807) is 0 Å². The van der Waals surface area contributed by atoms with Crippen molar-refractivity contribution in [3.8, 4) is 17.6 Å². The number of piperidine rings is 1. The highest BCUT2D eigenvalue weighted by atomic mass is 16.7. The van der Waals surface area contributed by atoms with E-state index in [2.05, 4.69) is 17.9 Å². The minimum atomic E-state index is -0.183. The molecule has 0 N–H and O–H groups in total. The van der Waals surface area contributed by atoms with Gasteiger partial charge in [-0.15, -0.1) is 0 Å². The van der Waals surface area contributed by atoms with Gasteiger partial charge in [-0.05, 0) is 43.0 Å². The molecule has 1 saturated heterocycles. The molecule has 1 aromatic rings. The molecule has 100 valence electrons. The number of fused-ring (bicyclic) bond motifs is 1. The van der Waals surface area contributed by atoms with Gasteiger partial charge in [0.25, 0.3) is 0 Å². The molecule has 0 saturated carbocycles. The highest BCUT2D eigenvalue weighted by molar-refractivity contribution is 5.46. The molecule has 0 radical (unpaired) electrons. The first-order valence-corrected chi connectivity index (χ1v) is 6.81. The molecule has 2 aliphatic rings. The highest BCUT2D eigenvalue weighted by Crippen LogP contribution is 2.36. The lowest BCUT2D eigenvalue weighted by atomic mass is 9.96. The molecule has 2 heterocycles. The number of hydrogen-bond donors (Lipinski definition) is 0. The van der Waals surface area contributed by atoms with Crippen LogP contribution in [0.15, 0.2) is 18.2 Å². The summed E-state index contributed by atoms with van der Waals surface area (Å²) in [5.41, 5.74) is 1.00. The lowest BCUT2D eigenvalue weighted by molar-refractivity contribution is 0.156. The number of nitriles is 1. The van der Waals surface area contributed by atoms with Crippen molar-refractivity contribution in [2.75, 3.05) is 19.9 Å². The Morgan fingerprint density at radius 3 is 3.00 bits per heavy atom. The number of rotatable bonds is 2. The van der Waals surface area contributed by atoms with Gasteiger partial charge in [0, 0.05) is 6.54 Å². The summed E-state index contributed by atoms with van der Waals surface area (Å²) in [6.45, 7) is 4.51. The summed E-state index contributed by atoms with van der Waals surface area (Å²) in [6, 6.07) is 8.06. The first-order valence-electron chi connectivity index (χ1n) is 6.81. The van der Waals surface area contributed by atoms with Crippen LogP contribution in [0.25, 0.3) is 0 Å². The van der Waals surface area contributed by atoms with E-state index in [1.165, 1.54) is 12.8 Å². The number of benzene rings is 1. The fourth-order valence-electron chi connectivity index (χ4n) is 2.91. The van der Waals surface area contributed by atoms with Crippen molar-refractivity contribution in [1.29, 1.82) is 5.26 Å². The first kappa shape index (κ1) is 12.3. The van der Waals surface area contributed by atoms with Crippen molar-refractivity contribution in [1.82, 2.24) is 4.90 Å². The van der Waals surface area contributed by atoms with E-state index in [4.69, 9.17) is 9.47 Å². The van der Waals surface area contributed by atoms with Crippen LogP contribution in [0, 0.1) is 17.2 Å². The molecule has 0 amide bonds. The van der Waals surface area contributed by atoms with E-state index < -0.39 is 0 Å². The van der Waals surface area contributed by atoms with Gasteiger partial charge >= 0.3 is 0 Å². The summed E-state index contributed by atoms with van der Waals surface area (Å²) in [4.78, 5) is 2.27. The second-order valence-corrected chi connectivity index (χ2v) is 5.39. The standard InChI is InChI=1S/C15H18N2O2/c1-11-3-2-6-17(9-11)13(8-16)12-4-5-14-15(7-12)19-10-18-14/h4-5,7,11,13H,2-3,6,9-10H2,1H3. The third-order valence-corrected chi connectivity index (χ3v) is 3.89. The van der Waals surface area contributed by atoms with E-state index in [9.17, 15) is 5.26 Å². The molecular formula is C15H18N2O2. The van der Waals surface area contributed by atoms with E-state index >= 15 is 0 Å². The predicted molar refractivity (Wildman–Crippen MR) is 70.9 cm³/mol. The molecule has 0 aliphatic carbocycles. The second kappa shape index (κ2) is 5.10. The number of likely N-dealkylation sites (tertiary alicyclic amines) is 1. The zero-order chi connectivity index (χ0) is 13.2. The van der Waals surface area contributed by atoms with Crippen LogP contribution in [0.3, 0.4) is 0 Å². The van der Waals surface area contributed by atoms with Crippen molar-refractivity contribution in [2.45, 2.75) is 25.8 Å². The van der Waals surface area contributed by atoms with Gasteiger partial charge in [0.2, 0.25) is 6.79 Å². The Balaban J connectivity index is 1.84. The molecule has 0 spiro atoms. The lowest BCUT2D eigenvalue weighted by Crippen LogP contribution is -2.36. The van der Waals surface area contributed by atoms with Gasteiger partial charge in [0.05, 0.1) is 6.07 Å². The van der Waals surface area contributed by atoms with Gasteiger partial charge in [-0.2, -0.15) is 5.26 Å². The fourth-order valence-corrected chi connectivity index (χ4v) is 2.91. The molecule has 1 aromatic carbocycles. The molecule has 0 aromatic heterocycles. The molecule has 2 aliphatic heterocycles. The van der Waals surface area contributed by atoms with Crippen LogP contribution in [-0.2, 0) is 0 Å². The van der Waals surface area contributed by atoms with Gasteiger partial charge in [-0.1, -0.05) is 13.0 Å².